The van der Waals surface area contributed by atoms with E-state index < -0.39 is 0 Å². The van der Waals surface area contributed by atoms with Gasteiger partial charge < -0.3 is 19.7 Å². The summed E-state index contributed by atoms with van der Waals surface area (Å²) in [5.74, 6) is 1.47. The Morgan fingerprint density at radius 1 is 1.00 bits per heavy atom. The summed E-state index contributed by atoms with van der Waals surface area (Å²) in [6.07, 6.45) is 2.66. The number of carbonyl (C=O) groups excluding carboxylic acids is 2. The molecular weight excluding hydrogens is 356 g/mol. The summed E-state index contributed by atoms with van der Waals surface area (Å²) in [6, 6.07) is 14.9. The summed E-state index contributed by atoms with van der Waals surface area (Å²) in [5, 5.41) is 3.01. The number of nitrogens with zero attached hydrogens (tertiary/aromatic N) is 1. The molecule has 2 aromatic carbocycles. The SMILES string of the molecule is O=C(Nc1ccccc1)[C@@H]1CC12CCN(C(=O)c1ccc3c(c1)OCO3)CC2. The van der Waals surface area contributed by atoms with Gasteiger partial charge in [-0.1, -0.05) is 18.2 Å². The molecule has 2 fully saturated rings. The third-order valence-electron chi connectivity index (χ3n) is 6.21. The molecule has 0 radical (unpaired) electrons. The number of fused-ring (bicyclic) bond motifs is 1. The van der Waals surface area contributed by atoms with Crippen LogP contribution < -0.4 is 14.8 Å². The number of carbonyl (C=O) groups is 2. The van der Waals surface area contributed by atoms with E-state index in [2.05, 4.69) is 5.32 Å². The van der Waals surface area contributed by atoms with Crippen molar-refractivity contribution in [3.8, 4) is 11.5 Å². The summed E-state index contributed by atoms with van der Waals surface area (Å²) in [5.41, 5.74) is 1.52. The van der Waals surface area contributed by atoms with Crippen LogP contribution in [0.2, 0.25) is 0 Å². The predicted molar refractivity (Wildman–Crippen MR) is 103 cm³/mol. The standard InChI is InChI=1S/C22H22N2O4/c25-20(23-16-4-2-1-3-5-16)17-13-22(17)8-10-24(11-9-22)21(26)15-6-7-18-19(12-15)28-14-27-18/h1-7,12,17H,8-11,13-14H2,(H,23,25)/t17-/m0/s1. The number of hydrogen-bond acceptors (Lipinski definition) is 4. The second kappa shape index (κ2) is 6.55. The van der Waals surface area contributed by atoms with Crippen LogP contribution in [0.5, 0.6) is 11.5 Å². The van der Waals surface area contributed by atoms with E-state index in [1.807, 2.05) is 35.2 Å². The lowest BCUT2D eigenvalue weighted by molar-refractivity contribution is -0.118. The van der Waals surface area contributed by atoms with Gasteiger partial charge in [-0.25, -0.2) is 0 Å². The molecule has 3 aliphatic rings. The van der Waals surface area contributed by atoms with Crippen LogP contribution >= 0.6 is 0 Å². The van der Waals surface area contributed by atoms with E-state index in [1.165, 1.54) is 0 Å². The quantitative estimate of drug-likeness (QED) is 0.890. The minimum atomic E-state index is 0.0130. The minimum absolute atomic E-state index is 0.0130. The van der Waals surface area contributed by atoms with Crippen LogP contribution in [0.3, 0.4) is 0 Å². The number of ether oxygens (including phenoxy) is 2. The van der Waals surface area contributed by atoms with Gasteiger partial charge in [0.15, 0.2) is 11.5 Å². The average Bonchev–Trinajstić information content (AvgIpc) is 3.21. The molecule has 1 atom stereocenters. The van der Waals surface area contributed by atoms with Crippen LogP contribution in [-0.2, 0) is 4.79 Å². The van der Waals surface area contributed by atoms with Gasteiger partial charge in [0.1, 0.15) is 0 Å². The zero-order valence-electron chi connectivity index (χ0n) is 15.5. The Hall–Kier alpha value is -3.02. The van der Waals surface area contributed by atoms with Crippen molar-refractivity contribution in [1.29, 1.82) is 0 Å². The minimum Gasteiger partial charge on any atom is -0.454 e. The number of rotatable bonds is 3. The van der Waals surface area contributed by atoms with Crippen molar-refractivity contribution < 1.29 is 19.1 Å². The molecule has 0 bridgehead atoms. The van der Waals surface area contributed by atoms with Crippen molar-refractivity contribution >= 4 is 17.5 Å². The van der Waals surface area contributed by atoms with Crippen molar-refractivity contribution in [2.45, 2.75) is 19.3 Å². The van der Waals surface area contributed by atoms with Crippen LogP contribution in [-0.4, -0.2) is 36.6 Å². The summed E-state index contributed by atoms with van der Waals surface area (Å²) >= 11 is 0. The summed E-state index contributed by atoms with van der Waals surface area (Å²) in [7, 11) is 0. The highest BCUT2D eigenvalue weighted by Gasteiger charge is 2.58. The van der Waals surface area contributed by atoms with Crippen LogP contribution in [0.1, 0.15) is 29.6 Å². The number of benzene rings is 2. The first-order valence-corrected chi connectivity index (χ1v) is 9.69. The van der Waals surface area contributed by atoms with Gasteiger partial charge >= 0.3 is 0 Å². The molecule has 28 heavy (non-hydrogen) atoms. The lowest BCUT2D eigenvalue weighted by Crippen LogP contribution is -2.40. The molecule has 6 nitrogen and oxygen atoms in total. The molecule has 1 spiro atoms. The third kappa shape index (κ3) is 2.99. The zero-order chi connectivity index (χ0) is 19.1. The monoisotopic (exact) mass is 378 g/mol. The second-order valence-electron chi connectivity index (χ2n) is 7.83. The van der Waals surface area contributed by atoms with E-state index >= 15 is 0 Å². The zero-order valence-corrected chi connectivity index (χ0v) is 15.5. The molecule has 1 aliphatic carbocycles. The molecule has 144 valence electrons. The molecule has 5 rings (SSSR count). The van der Waals surface area contributed by atoms with Gasteiger partial charge in [-0.05, 0) is 55.0 Å². The Kier molecular flexibility index (Phi) is 4.00. The van der Waals surface area contributed by atoms with Crippen LogP contribution in [0.25, 0.3) is 0 Å². The van der Waals surface area contributed by atoms with Crippen molar-refractivity contribution in [3.63, 3.8) is 0 Å². The van der Waals surface area contributed by atoms with Gasteiger partial charge in [-0.2, -0.15) is 0 Å². The maximum atomic E-state index is 12.8. The van der Waals surface area contributed by atoms with Gasteiger partial charge in [0.25, 0.3) is 5.91 Å². The lowest BCUT2D eigenvalue weighted by atomic mass is 9.90. The largest absolute Gasteiger partial charge is 0.454 e. The number of piperidine rings is 1. The molecule has 2 amide bonds. The van der Waals surface area contributed by atoms with Crippen LogP contribution in [0.15, 0.2) is 48.5 Å². The highest BCUT2D eigenvalue weighted by molar-refractivity contribution is 5.96. The maximum absolute atomic E-state index is 12.8. The van der Waals surface area contributed by atoms with E-state index in [9.17, 15) is 9.59 Å². The number of para-hydroxylation sites is 1. The fourth-order valence-electron chi connectivity index (χ4n) is 4.39. The first-order valence-electron chi connectivity index (χ1n) is 9.69. The number of anilines is 1. The van der Waals surface area contributed by atoms with Crippen molar-refractivity contribution in [3.05, 3.63) is 54.1 Å². The number of amides is 2. The number of hydrogen-bond donors (Lipinski definition) is 1. The number of nitrogens with one attached hydrogen (secondary N) is 1. The number of likely N-dealkylation sites (tertiary alicyclic amines) is 1. The maximum Gasteiger partial charge on any atom is 0.253 e. The van der Waals surface area contributed by atoms with Gasteiger partial charge in [0.05, 0.1) is 0 Å². The topological polar surface area (TPSA) is 67.9 Å². The highest BCUT2D eigenvalue weighted by Crippen LogP contribution is 2.59. The Balaban J connectivity index is 1.19. The Bertz CT molecular complexity index is 919. The van der Waals surface area contributed by atoms with E-state index in [1.54, 1.807) is 18.2 Å². The molecular formula is C22H22N2O4. The third-order valence-corrected chi connectivity index (χ3v) is 6.21. The molecule has 2 aliphatic heterocycles. The van der Waals surface area contributed by atoms with Crippen molar-refractivity contribution in [2.75, 3.05) is 25.2 Å². The molecule has 2 heterocycles. The molecule has 1 saturated carbocycles. The normalized spacial score (nSPS) is 21.4. The van der Waals surface area contributed by atoms with E-state index in [-0.39, 0.29) is 29.9 Å². The van der Waals surface area contributed by atoms with Gasteiger partial charge in [-0.3, -0.25) is 9.59 Å². The second-order valence-corrected chi connectivity index (χ2v) is 7.83. The first kappa shape index (κ1) is 17.1. The molecule has 1 N–H and O–H groups in total. The van der Waals surface area contributed by atoms with Crippen molar-refractivity contribution in [1.82, 2.24) is 4.90 Å². The van der Waals surface area contributed by atoms with E-state index in [0.717, 1.165) is 24.9 Å². The molecule has 6 heteroatoms. The lowest BCUT2D eigenvalue weighted by Gasteiger charge is -2.33. The molecule has 2 aromatic rings. The van der Waals surface area contributed by atoms with Crippen LogP contribution in [0, 0.1) is 11.3 Å². The Labute approximate surface area is 163 Å². The van der Waals surface area contributed by atoms with Crippen LogP contribution in [0.4, 0.5) is 5.69 Å². The fraction of sp³-hybridized carbons (Fsp3) is 0.364. The summed E-state index contributed by atoms with van der Waals surface area (Å²) in [6.45, 7) is 1.57. The smallest absolute Gasteiger partial charge is 0.253 e. The van der Waals surface area contributed by atoms with Gasteiger partial charge in [0, 0.05) is 30.3 Å². The van der Waals surface area contributed by atoms with E-state index in [4.69, 9.17) is 9.47 Å². The van der Waals surface area contributed by atoms with E-state index in [0.29, 0.717) is 30.2 Å². The average molecular weight is 378 g/mol. The molecule has 0 aromatic heterocycles. The predicted octanol–water partition coefficient (Wildman–Crippen LogP) is 3.30. The van der Waals surface area contributed by atoms with Gasteiger partial charge in [0.2, 0.25) is 12.7 Å². The molecule has 0 unspecified atom stereocenters. The highest BCUT2D eigenvalue weighted by atomic mass is 16.7. The van der Waals surface area contributed by atoms with Crippen molar-refractivity contribution in [2.24, 2.45) is 11.3 Å². The van der Waals surface area contributed by atoms with Gasteiger partial charge in [-0.15, -0.1) is 0 Å². The summed E-state index contributed by atoms with van der Waals surface area (Å²) in [4.78, 5) is 27.3. The Morgan fingerprint density at radius 2 is 1.75 bits per heavy atom. The fourth-order valence-corrected chi connectivity index (χ4v) is 4.39. The molecule has 1 saturated heterocycles. The first-order chi connectivity index (χ1) is 13.6. The summed E-state index contributed by atoms with van der Waals surface area (Å²) < 4.78 is 10.7. The Morgan fingerprint density at radius 3 is 2.54 bits per heavy atom.